The first kappa shape index (κ1) is 23.7. The van der Waals surface area contributed by atoms with Gasteiger partial charge >= 0.3 is 5.97 Å². The molecule has 3 rings (SSSR count). The number of carbonyl (C=O) groups excluding carboxylic acids is 3. The second kappa shape index (κ2) is 10.1. The van der Waals surface area contributed by atoms with Crippen molar-refractivity contribution >= 4 is 23.7 Å². The number of hydrogen-bond donors (Lipinski definition) is 5. The van der Waals surface area contributed by atoms with Crippen molar-refractivity contribution in [2.45, 2.75) is 44.1 Å². The lowest BCUT2D eigenvalue weighted by molar-refractivity contribution is -0.138. The molecule has 1 heterocycles. The van der Waals surface area contributed by atoms with Gasteiger partial charge in [-0.3, -0.25) is 14.4 Å². The van der Waals surface area contributed by atoms with Crippen LogP contribution in [-0.2, 0) is 36.8 Å². The van der Waals surface area contributed by atoms with Gasteiger partial charge in [-0.2, -0.15) is 0 Å². The number of epoxide rings is 1. The van der Waals surface area contributed by atoms with Crippen molar-refractivity contribution in [2.24, 2.45) is 5.73 Å². The third-order valence-corrected chi connectivity index (χ3v) is 5.22. The zero-order chi connectivity index (χ0) is 24.1. The van der Waals surface area contributed by atoms with Gasteiger partial charge in [-0.05, 0) is 30.2 Å². The summed E-state index contributed by atoms with van der Waals surface area (Å²) in [6, 6.07) is 11.2. The van der Waals surface area contributed by atoms with Crippen molar-refractivity contribution in [3.63, 3.8) is 0 Å². The normalized spacial score (nSPS) is 18.6. The summed E-state index contributed by atoms with van der Waals surface area (Å²) >= 11 is 0. The number of nitrogens with one attached hydrogen (secondary N) is 2. The van der Waals surface area contributed by atoms with Crippen molar-refractivity contribution in [1.82, 2.24) is 10.6 Å². The van der Waals surface area contributed by atoms with E-state index in [-0.39, 0.29) is 18.6 Å². The van der Waals surface area contributed by atoms with Crippen molar-refractivity contribution in [1.29, 1.82) is 0 Å². The Morgan fingerprint density at radius 1 is 0.909 bits per heavy atom. The van der Waals surface area contributed by atoms with Gasteiger partial charge in [0.15, 0.2) is 12.2 Å². The molecule has 0 spiro atoms. The summed E-state index contributed by atoms with van der Waals surface area (Å²) in [4.78, 5) is 48.4. The predicted octanol–water partition coefficient (Wildman–Crippen LogP) is -0.207. The van der Waals surface area contributed by atoms with Gasteiger partial charge in [0.05, 0.1) is 0 Å². The van der Waals surface area contributed by atoms with E-state index in [4.69, 9.17) is 15.6 Å². The minimum Gasteiger partial charge on any atom is -0.508 e. The predicted molar refractivity (Wildman–Crippen MR) is 116 cm³/mol. The zero-order valence-corrected chi connectivity index (χ0v) is 17.9. The molecule has 174 valence electrons. The standard InChI is InChI=1S/C23H25N3O7/c1-12-2-4-13(5-3-12)11-17(26-22(30)18-19(33-18)23(31)32)21(29)25-16(20(24)28)10-14-6-8-15(27)9-7-14/h2-9,16-19,27H,10-11H2,1H3,(H2,24,28)(H,25,29)(H,26,30)(H,31,32)/t16-,17-,18+,19+/m0/s1. The molecule has 2 aromatic carbocycles. The summed E-state index contributed by atoms with van der Waals surface area (Å²) in [5, 5.41) is 23.5. The Morgan fingerprint density at radius 2 is 1.45 bits per heavy atom. The molecule has 1 aliphatic rings. The highest BCUT2D eigenvalue weighted by molar-refractivity contribution is 5.96. The van der Waals surface area contributed by atoms with Crippen molar-refractivity contribution in [2.75, 3.05) is 0 Å². The van der Waals surface area contributed by atoms with Gasteiger partial charge in [-0.15, -0.1) is 0 Å². The topological polar surface area (TPSA) is 171 Å². The maximum atomic E-state index is 13.0. The Bertz CT molecular complexity index is 1040. The number of rotatable bonds is 10. The lowest BCUT2D eigenvalue weighted by atomic mass is 10.0. The number of primary amides is 1. The molecule has 0 saturated carbocycles. The number of carbonyl (C=O) groups is 4. The molecule has 10 heteroatoms. The molecule has 33 heavy (non-hydrogen) atoms. The highest BCUT2D eigenvalue weighted by Gasteiger charge is 2.51. The first-order chi connectivity index (χ1) is 15.6. The van der Waals surface area contributed by atoms with Gasteiger partial charge in [-0.25, -0.2) is 4.79 Å². The summed E-state index contributed by atoms with van der Waals surface area (Å²) < 4.78 is 4.86. The van der Waals surface area contributed by atoms with E-state index in [0.717, 1.165) is 11.1 Å². The molecule has 6 N–H and O–H groups in total. The molecule has 4 atom stereocenters. The number of phenols is 1. The van der Waals surface area contributed by atoms with E-state index >= 15 is 0 Å². The van der Waals surface area contributed by atoms with Gasteiger partial charge in [0.1, 0.15) is 17.8 Å². The van der Waals surface area contributed by atoms with Crippen LogP contribution >= 0.6 is 0 Å². The number of aliphatic carboxylic acids is 1. The lowest BCUT2D eigenvalue weighted by Crippen LogP contribution is -2.55. The highest BCUT2D eigenvalue weighted by Crippen LogP contribution is 2.22. The van der Waals surface area contributed by atoms with Crippen LogP contribution in [0.25, 0.3) is 0 Å². The van der Waals surface area contributed by atoms with Crippen molar-refractivity contribution in [3.05, 3.63) is 65.2 Å². The molecule has 0 radical (unpaired) electrons. The van der Waals surface area contributed by atoms with Crippen LogP contribution in [0.2, 0.25) is 0 Å². The Balaban J connectivity index is 1.73. The fourth-order valence-corrected chi connectivity index (χ4v) is 3.29. The number of phenolic OH excluding ortho intramolecular Hbond substituents is 1. The van der Waals surface area contributed by atoms with Crippen LogP contribution in [0, 0.1) is 6.92 Å². The van der Waals surface area contributed by atoms with E-state index in [1.54, 1.807) is 24.3 Å². The van der Waals surface area contributed by atoms with Gasteiger partial charge < -0.3 is 31.3 Å². The summed E-state index contributed by atoms with van der Waals surface area (Å²) in [7, 11) is 0. The van der Waals surface area contributed by atoms with Gasteiger partial charge in [0.25, 0.3) is 5.91 Å². The number of nitrogens with two attached hydrogens (primary N) is 1. The van der Waals surface area contributed by atoms with E-state index < -0.39 is 48.0 Å². The van der Waals surface area contributed by atoms with Crippen molar-refractivity contribution in [3.8, 4) is 5.75 Å². The lowest BCUT2D eigenvalue weighted by Gasteiger charge is -2.22. The summed E-state index contributed by atoms with van der Waals surface area (Å²) in [5.41, 5.74) is 7.89. The first-order valence-corrected chi connectivity index (χ1v) is 10.3. The van der Waals surface area contributed by atoms with E-state index in [2.05, 4.69) is 10.6 Å². The number of aromatic hydroxyl groups is 1. The van der Waals surface area contributed by atoms with E-state index in [1.165, 1.54) is 12.1 Å². The maximum absolute atomic E-state index is 13.0. The molecule has 0 aromatic heterocycles. The number of amides is 3. The molecule has 1 fully saturated rings. The third-order valence-electron chi connectivity index (χ3n) is 5.22. The Morgan fingerprint density at radius 3 is 1.97 bits per heavy atom. The first-order valence-electron chi connectivity index (χ1n) is 10.3. The molecule has 2 aromatic rings. The van der Waals surface area contributed by atoms with E-state index in [1.807, 2.05) is 19.1 Å². The average molecular weight is 455 g/mol. The van der Waals surface area contributed by atoms with Crippen molar-refractivity contribution < 1.29 is 34.1 Å². The molecule has 1 saturated heterocycles. The fourth-order valence-electron chi connectivity index (χ4n) is 3.29. The molecule has 3 amide bonds. The molecule has 0 unspecified atom stereocenters. The van der Waals surface area contributed by atoms with Crippen LogP contribution in [0.1, 0.15) is 16.7 Å². The second-order valence-corrected chi connectivity index (χ2v) is 7.90. The monoisotopic (exact) mass is 455 g/mol. The molecule has 1 aliphatic heterocycles. The smallest absolute Gasteiger partial charge is 0.336 e. The van der Waals surface area contributed by atoms with E-state index in [0.29, 0.717) is 5.56 Å². The summed E-state index contributed by atoms with van der Waals surface area (Å²) in [6.45, 7) is 1.91. The quantitative estimate of drug-likeness (QED) is 0.309. The minimum absolute atomic E-state index is 0.0567. The highest BCUT2D eigenvalue weighted by atomic mass is 16.6. The van der Waals surface area contributed by atoms with Crippen LogP contribution < -0.4 is 16.4 Å². The summed E-state index contributed by atoms with van der Waals surface area (Å²) in [6.07, 6.45) is -2.24. The van der Waals surface area contributed by atoms with Crippen LogP contribution in [0.3, 0.4) is 0 Å². The maximum Gasteiger partial charge on any atom is 0.336 e. The second-order valence-electron chi connectivity index (χ2n) is 7.90. The number of aryl methyl sites for hydroxylation is 1. The van der Waals surface area contributed by atoms with Crippen LogP contribution in [-0.4, -0.2) is 58.2 Å². The van der Waals surface area contributed by atoms with Crippen LogP contribution in [0.4, 0.5) is 0 Å². The molecule has 10 nitrogen and oxygen atoms in total. The van der Waals surface area contributed by atoms with Crippen LogP contribution in [0.5, 0.6) is 5.75 Å². The molecular formula is C23H25N3O7. The minimum atomic E-state index is -1.27. The Labute approximate surface area is 189 Å². The summed E-state index contributed by atoms with van der Waals surface area (Å²) in [5.74, 6) is -3.37. The van der Waals surface area contributed by atoms with Gasteiger partial charge in [-0.1, -0.05) is 42.0 Å². The Hall–Kier alpha value is -3.92. The largest absolute Gasteiger partial charge is 0.508 e. The number of ether oxygens (including phenoxy) is 1. The fraction of sp³-hybridized carbons (Fsp3) is 0.304. The van der Waals surface area contributed by atoms with E-state index in [9.17, 15) is 24.3 Å². The number of hydrogen-bond acceptors (Lipinski definition) is 6. The zero-order valence-electron chi connectivity index (χ0n) is 17.9. The SMILES string of the molecule is Cc1ccc(C[C@H](NC(=O)[C@@H]2O[C@H]2C(=O)O)C(=O)N[C@@H](Cc2ccc(O)cc2)C(N)=O)cc1. The molecular weight excluding hydrogens is 430 g/mol. The number of benzene rings is 2. The molecule has 0 aliphatic carbocycles. The molecule has 0 bridgehead atoms. The van der Waals surface area contributed by atoms with Gasteiger partial charge in [0.2, 0.25) is 11.8 Å². The number of carboxylic acids is 1. The Kier molecular flexibility index (Phi) is 7.29. The van der Waals surface area contributed by atoms with Gasteiger partial charge in [0, 0.05) is 12.8 Å². The van der Waals surface area contributed by atoms with Crippen LogP contribution in [0.15, 0.2) is 48.5 Å². The average Bonchev–Trinajstić information content (AvgIpc) is 3.57. The third kappa shape index (κ3) is 6.53. The number of carboxylic acid groups (broad SMARTS) is 1.